The number of aromatic nitrogens is 3. The maximum Gasteiger partial charge on any atom is 0.230 e. The summed E-state index contributed by atoms with van der Waals surface area (Å²) in [5.41, 5.74) is 0.837. The first kappa shape index (κ1) is 12.3. The van der Waals surface area contributed by atoms with Gasteiger partial charge in [-0.05, 0) is 19.1 Å². The molecule has 0 aliphatic carbocycles. The Labute approximate surface area is 105 Å². The number of hydrogen-bond donors (Lipinski definition) is 3. The van der Waals surface area contributed by atoms with E-state index in [0.717, 1.165) is 5.69 Å². The van der Waals surface area contributed by atoms with Gasteiger partial charge < -0.3 is 15.7 Å². The molecule has 0 amide bonds. The highest BCUT2D eigenvalue weighted by Crippen LogP contribution is 2.13. The van der Waals surface area contributed by atoms with Crippen LogP contribution in [0, 0.1) is 6.92 Å². The third-order valence-electron chi connectivity index (χ3n) is 2.18. The van der Waals surface area contributed by atoms with E-state index in [9.17, 15) is 0 Å². The zero-order valence-electron chi connectivity index (χ0n) is 10.1. The molecule has 3 N–H and O–H groups in total. The second-order valence-corrected chi connectivity index (χ2v) is 3.71. The molecule has 0 saturated carbocycles. The highest BCUT2D eigenvalue weighted by atomic mass is 16.3. The van der Waals surface area contributed by atoms with Crippen molar-refractivity contribution in [1.29, 1.82) is 0 Å². The van der Waals surface area contributed by atoms with E-state index >= 15 is 0 Å². The molecule has 0 atom stereocenters. The average Bonchev–Trinajstić information content (AvgIpc) is 2.37. The number of aliphatic hydroxyl groups is 1. The number of nitrogens with one attached hydrogen (secondary N) is 2. The Hall–Kier alpha value is -2.21. The van der Waals surface area contributed by atoms with E-state index in [1.54, 1.807) is 6.20 Å². The largest absolute Gasteiger partial charge is 0.395 e. The molecule has 6 heteroatoms. The van der Waals surface area contributed by atoms with Crippen LogP contribution in [0.5, 0.6) is 0 Å². The topological polar surface area (TPSA) is 83.0 Å². The van der Waals surface area contributed by atoms with Gasteiger partial charge in [-0.1, -0.05) is 6.07 Å². The predicted molar refractivity (Wildman–Crippen MR) is 69.9 cm³/mol. The first-order valence-electron chi connectivity index (χ1n) is 5.66. The molecule has 0 fully saturated rings. The third kappa shape index (κ3) is 3.39. The molecule has 6 nitrogen and oxygen atoms in total. The lowest BCUT2D eigenvalue weighted by Gasteiger charge is -2.08. The van der Waals surface area contributed by atoms with Crippen LogP contribution in [-0.2, 0) is 0 Å². The van der Waals surface area contributed by atoms with Crippen molar-refractivity contribution in [2.45, 2.75) is 6.92 Å². The Kier molecular flexibility index (Phi) is 4.03. The SMILES string of the molecule is Cc1cc(NCCO)nc(Nc2ccccn2)n1. The smallest absolute Gasteiger partial charge is 0.230 e. The summed E-state index contributed by atoms with van der Waals surface area (Å²) >= 11 is 0. The molecule has 18 heavy (non-hydrogen) atoms. The van der Waals surface area contributed by atoms with E-state index in [1.165, 1.54) is 0 Å². The molecule has 0 aromatic carbocycles. The van der Waals surface area contributed by atoms with Crippen molar-refractivity contribution in [2.75, 3.05) is 23.8 Å². The first-order chi connectivity index (χ1) is 8.78. The number of anilines is 3. The van der Waals surface area contributed by atoms with Crippen molar-refractivity contribution in [3.05, 3.63) is 36.2 Å². The van der Waals surface area contributed by atoms with E-state index < -0.39 is 0 Å². The summed E-state index contributed by atoms with van der Waals surface area (Å²) in [5, 5.41) is 14.8. The summed E-state index contributed by atoms with van der Waals surface area (Å²) in [4.78, 5) is 12.7. The van der Waals surface area contributed by atoms with Crippen LogP contribution in [0.3, 0.4) is 0 Å². The van der Waals surface area contributed by atoms with Crippen LogP contribution in [0.2, 0.25) is 0 Å². The quantitative estimate of drug-likeness (QED) is 0.737. The normalized spacial score (nSPS) is 10.1. The van der Waals surface area contributed by atoms with Crippen molar-refractivity contribution in [3.63, 3.8) is 0 Å². The van der Waals surface area contributed by atoms with Gasteiger partial charge in [0.15, 0.2) is 0 Å². The van der Waals surface area contributed by atoms with Crippen molar-refractivity contribution in [2.24, 2.45) is 0 Å². The molecule has 2 aromatic rings. The van der Waals surface area contributed by atoms with Crippen LogP contribution in [0.25, 0.3) is 0 Å². The molecule has 0 unspecified atom stereocenters. The van der Waals surface area contributed by atoms with Crippen molar-refractivity contribution >= 4 is 17.6 Å². The molecule has 0 aliphatic rings. The van der Waals surface area contributed by atoms with E-state index in [1.807, 2.05) is 31.2 Å². The van der Waals surface area contributed by atoms with Crippen LogP contribution < -0.4 is 10.6 Å². The lowest BCUT2D eigenvalue weighted by atomic mass is 10.4. The summed E-state index contributed by atoms with van der Waals surface area (Å²) < 4.78 is 0. The number of aliphatic hydroxyl groups excluding tert-OH is 1. The second-order valence-electron chi connectivity index (χ2n) is 3.71. The molecule has 2 rings (SSSR count). The molecular weight excluding hydrogens is 230 g/mol. The lowest BCUT2D eigenvalue weighted by Crippen LogP contribution is -2.09. The van der Waals surface area contributed by atoms with Gasteiger partial charge in [0.25, 0.3) is 0 Å². The van der Waals surface area contributed by atoms with Gasteiger partial charge in [0.05, 0.1) is 6.61 Å². The molecule has 94 valence electrons. The van der Waals surface area contributed by atoms with Crippen LogP contribution in [0.15, 0.2) is 30.5 Å². The van der Waals surface area contributed by atoms with E-state index in [0.29, 0.717) is 24.1 Å². The Morgan fingerprint density at radius 2 is 2.11 bits per heavy atom. The molecule has 0 aliphatic heterocycles. The summed E-state index contributed by atoms with van der Waals surface area (Å²) in [6.45, 7) is 2.40. The Morgan fingerprint density at radius 1 is 1.22 bits per heavy atom. The number of nitrogens with zero attached hydrogens (tertiary/aromatic N) is 3. The number of rotatable bonds is 5. The average molecular weight is 245 g/mol. The molecule has 0 saturated heterocycles. The van der Waals surface area contributed by atoms with Crippen LogP contribution in [0.1, 0.15) is 5.69 Å². The van der Waals surface area contributed by atoms with Gasteiger partial charge in [-0.25, -0.2) is 9.97 Å². The van der Waals surface area contributed by atoms with Crippen LogP contribution >= 0.6 is 0 Å². The standard InChI is InChI=1S/C12H15N5O/c1-9-8-11(14-6-7-18)17-12(15-9)16-10-4-2-3-5-13-10/h2-5,8,18H,6-7H2,1H3,(H2,13,14,15,16,17). The maximum atomic E-state index is 8.77. The minimum Gasteiger partial charge on any atom is -0.395 e. The van der Waals surface area contributed by atoms with Gasteiger partial charge in [-0.15, -0.1) is 0 Å². The fourth-order valence-electron chi connectivity index (χ4n) is 1.45. The van der Waals surface area contributed by atoms with E-state index in [2.05, 4.69) is 25.6 Å². The minimum absolute atomic E-state index is 0.0616. The fourth-order valence-corrected chi connectivity index (χ4v) is 1.45. The van der Waals surface area contributed by atoms with E-state index in [-0.39, 0.29) is 6.61 Å². The number of pyridine rings is 1. The van der Waals surface area contributed by atoms with Crippen molar-refractivity contribution < 1.29 is 5.11 Å². The summed E-state index contributed by atoms with van der Waals surface area (Å²) in [6.07, 6.45) is 1.70. The van der Waals surface area contributed by atoms with Crippen LogP contribution in [0.4, 0.5) is 17.6 Å². The Morgan fingerprint density at radius 3 is 2.83 bits per heavy atom. The minimum atomic E-state index is 0.0616. The van der Waals surface area contributed by atoms with Crippen LogP contribution in [-0.4, -0.2) is 33.2 Å². The van der Waals surface area contributed by atoms with Crippen molar-refractivity contribution in [1.82, 2.24) is 15.0 Å². The van der Waals surface area contributed by atoms with Gasteiger partial charge in [-0.2, -0.15) is 4.98 Å². The molecule has 0 bridgehead atoms. The molecule has 2 aromatic heterocycles. The lowest BCUT2D eigenvalue weighted by molar-refractivity contribution is 0.311. The van der Waals surface area contributed by atoms with Gasteiger partial charge in [-0.3, -0.25) is 0 Å². The van der Waals surface area contributed by atoms with Gasteiger partial charge in [0.1, 0.15) is 11.6 Å². The van der Waals surface area contributed by atoms with Gasteiger partial charge in [0.2, 0.25) is 5.95 Å². The highest BCUT2D eigenvalue weighted by Gasteiger charge is 2.02. The summed E-state index contributed by atoms with van der Waals surface area (Å²) in [6, 6.07) is 7.39. The summed E-state index contributed by atoms with van der Waals surface area (Å²) in [7, 11) is 0. The maximum absolute atomic E-state index is 8.77. The monoisotopic (exact) mass is 245 g/mol. The van der Waals surface area contributed by atoms with Gasteiger partial charge in [0, 0.05) is 24.5 Å². The Balaban J connectivity index is 2.15. The zero-order valence-corrected chi connectivity index (χ0v) is 10.1. The highest BCUT2D eigenvalue weighted by molar-refractivity contribution is 5.50. The third-order valence-corrected chi connectivity index (χ3v) is 2.18. The Bertz CT molecular complexity index is 503. The predicted octanol–water partition coefficient (Wildman–Crippen LogP) is 1.33. The first-order valence-corrected chi connectivity index (χ1v) is 5.66. The molecule has 0 spiro atoms. The molecular formula is C12H15N5O. The number of aryl methyl sites for hydroxylation is 1. The number of hydrogen-bond acceptors (Lipinski definition) is 6. The van der Waals surface area contributed by atoms with E-state index in [4.69, 9.17) is 5.11 Å². The second kappa shape index (κ2) is 5.92. The molecule has 0 radical (unpaired) electrons. The molecule has 2 heterocycles. The fraction of sp³-hybridized carbons (Fsp3) is 0.250. The zero-order chi connectivity index (χ0) is 12.8. The summed E-state index contributed by atoms with van der Waals surface area (Å²) in [5.74, 6) is 1.85. The van der Waals surface area contributed by atoms with Gasteiger partial charge >= 0.3 is 0 Å². The van der Waals surface area contributed by atoms with Crippen molar-refractivity contribution in [3.8, 4) is 0 Å².